The molecule has 2 heterocycles. The van der Waals surface area contributed by atoms with Crippen molar-refractivity contribution in [2.24, 2.45) is 50.2 Å². The molecule has 5 aliphatic carbocycles. The Morgan fingerprint density at radius 2 is 1.32 bits per heavy atom. The number of aliphatic hydroxyl groups excluding tert-OH is 7. The second-order valence-electron chi connectivity index (χ2n) is 20.5. The highest BCUT2D eigenvalue weighted by Gasteiger charge is 2.72. The van der Waals surface area contributed by atoms with Gasteiger partial charge in [0.15, 0.2) is 30.6 Å². The van der Waals surface area contributed by atoms with Crippen LogP contribution in [0.4, 0.5) is 0 Å². The van der Waals surface area contributed by atoms with Gasteiger partial charge in [0.1, 0.15) is 36.6 Å². The fourth-order valence-electron chi connectivity index (χ4n) is 13.5. The lowest BCUT2D eigenvalue weighted by molar-refractivity contribution is -0.372. The van der Waals surface area contributed by atoms with Crippen LogP contribution in [-0.2, 0) is 38.1 Å². The maximum absolute atomic E-state index is 14.9. The Morgan fingerprint density at radius 3 is 1.90 bits per heavy atom. The Hall–Kier alpha value is -2.62. The Balaban J connectivity index is 1.20. The molecule has 4 saturated carbocycles. The van der Waals surface area contributed by atoms with Gasteiger partial charge >= 0.3 is 17.9 Å². The zero-order chi connectivity index (χ0) is 44.4. The van der Waals surface area contributed by atoms with E-state index in [0.717, 1.165) is 5.57 Å². The molecule has 18 heteroatoms. The number of rotatable bonds is 8. The number of allylic oxidation sites excluding steroid dienone is 2. The van der Waals surface area contributed by atoms with E-state index in [1.165, 1.54) is 0 Å². The number of hydrogen-bond acceptors (Lipinski definition) is 15. The van der Waals surface area contributed by atoms with E-state index in [1.807, 2.05) is 13.8 Å². The topological polar surface area (TPSA) is 307 Å². The number of carboxylic acids is 3. The maximum Gasteiger partial charge on any atom is 0.335 e. The molecule has 0 spiro atoms. The Morgan fingerprint density at radius 1 is 0.717 bits per heavy atom. The summed E-state index contributed by atoms with van der Waals surface area (Å²) in [6.07, 6.45) is -16.9. The van der Waals surface area contributed by atoms with Gasteiger partial charge in [-0.3, -0.25) is 9.59 Å². The third kappa shape index (κ3) is 6.37. The molecule has 60 heavy (non-hydrogen) atoms. The maximum atomic E-state index is 14.9. The van der Waals surface area contributed by atoms with E-state index >= 15 is 0 Å². The number of hydrogen-bond donors (Lipinski definition) is 10. The van der Waals surface area contributed by atoms with Crippen molar-refractivity contribution in [1.82, 2.24) is 0 Å². The van der Waals surface area contributed by atoms with Gasteiger partial charge in [0.2, 0.25) is 0 Å². The quantitative estimate of drug-likeness (QED) is 0.146. The van der Waals surface area contributed by atoms with Gasteiger partial charge in [-0.15, -0.1) is 0 Å². The summed E-state index contributed by atoms with van der Waals surface area (Å²) in [7, 11) is 0. The zero-order valence-electron chi connectivity index (χ0n) is 34.8. The minimum Gasteiger partial charge on any atom is -0.481 e. The highest BCUT2D eigenvalue weighted by atomic mass is 16.8. The number of carbonyl (C=O) groups excluding carboxylic acids is 1. The minimum atomic E-state index is -2.11. The SMILES string of the molecule is C[C@]1(C(=O)O)C[C@@H](O)[C@]2(C)CC[C@]3(C)C(=CC(=O)[C@@H]4[C@@]5(C)CC[C@H](O[C@@H]6O[C@H](C(=O)O)[C@@H](O)[C@H](O)[C@H]6O[C@@H]6O[C@H](C(=O)O)[C@@H](O)[C@H](O)[C@H]6O)[C@](C)(CO)[C@@H]5CC[C@]43C)[C@@H]2C1. The van der Waals surface area contributed by atoms with Crippen molar-refractivity contribution in [2.45, 2.75) is 167 Å². The lowest BCUT2D eigenvalue weighted by Gasteiger charge is -2.71. The summed E-state index contributed by atoms with van der Waals surface area (Å²) in [5.41, 5.74) is -3.87. The van der Waals surface area contributed by atoms with Gasteiger partial charge in [-0.25, -0.2) is 9.59 Å². The third-order valence-electron chi connectivity index (χ3n) is 17.4. The predicted octanol–water partition coefficient (Wildman–Crippen LogP) is 0.189. The fourth-order valence-corrected chi connectivity index (χ4v) is 13.5. The van der Waals surface area contributed by atoms with E-state index < -0.39 is 137 Å². The van der Waals surface area contributed by atoms with Crippen molar-refractivity contribution in [3.8, 4) is 0 Å². The highest BCUT2D eigenvalue weighted by molar-refractivity contribution is 5.95. The van der Waals surface area contributed by atoms with Crippen molar-refractivity contribution >= 4 is 23.7 Å². The molecular formula is C42H62O18. The molecule has 338 valence electrons. The first kappa shape index (κ1) is 45.4. The summed E-state index contributed by atoms with van der Waals surface area (Å²) < 4.78 is 23.2. The third-order valence-corrected chi connectivity index (χ3v) is 17.4. The molecule has 21 atom stereocenters. The number of aliphatic carboxylic acids is 3. The summed E-state index contributed by atoms with van der Waals surface area (Å²) in [6, 6.07) is 0. The minimum absolute atomic E-state index is 0.0957. The molecule has 10 N–H and O–H groups in total. The van der Waals surface area contributed by atoms with E-state index in [0.29, 0.717) is 38.5 Å². The molecule has 0 radical (unpaired) electrons. The summed E-state index contributed by atoms with van der Waals surface area (Å²) >= 11 is 0. The molecule has 7 rings (SSSR count). The molecule has 6 fully saturated rings. The number of ether oxygens (including phenoxy) is 4. The molecule has 2 aliphatic heterocycles. The van der Waals surface area contributed by atoms with Gasteiger partial charge in [-0.05, 0) is 92.4 Å². The van der Waals surface area contributed by atoms with Crippen LogP contribution in [-0.4, -0.2) is 155 Å². The molecule has 2 saturated heterocycles. The molecule has 0 unspecified atom stereocenters. The molecule has 18 nitrogen and oxygen atoms in total. The smallest absolute Gasteiger partial charge is 0.335 e. The van der Waals surface area contributed by atoms with Gasteiger partial charge < -0.3 is 70.0 Å². The number of ketones is 1. The van der Waals surface area contributed by atoms with Gasteiger partial charge in [0.25, 0.3) is 0 Å². The van der Waals surface area contributed by atoms with Crippen LogP contribution in [0.3, 0.4) is 0 Å². The lowest BCUT2D eigenvalue weighted by Crippen LogP contribution is -2.69. The standard InChI is InChI=1S/C42H62O18/c1-37(36(55)56)14-18-17-13-19(44)31-39(3)9-8-22(40(4,16-43)20(39)7-10-42(31,6)41(17,5)12-11-38(18,2)21(45)15-37)57-35-30(26(49)25(48)29(59-35)33(53)54)60-34-27(50)23(46)24(47)28(58-34)32(51)52/h13,18,20-31,34-35,43,45-50H,7-12,14-16H2,1-6H3,(H,51,52)(H,53,54)(H,55,56)/t18-,20+,21+,22-,23-,24-,25-,26-,27+,28-,29-,30+,31+,34-,35+,37+,38+,39-,40+,41+,42+/m0/s1. The van der Waals surface area contributed by atoms with Crippen molar-refractivity contribution in [1.29, 1.82) is 0 Å². The Labute approximate surface area is 347 Å². The number of carboxylic acid groups (broad SMARTS) is 3. The molecule has 0 aromatic rings. The molecule has 0 amide bonds. The first-order valence-corrected chi connectivity index (χ1v) is 21.0. The number of aliphatic hydroxyl groups is 7. The van der Waals surface area contributed by atoms with Crippen LogP contribution >= 0.6 is 0 Å². The Kier molecular flexibility index (Phi) is 11.3. The molecule has 7 aliphatic rings. The highest BCUT2D eigenvalue weighted by Crippen LogP contribution is 2.75. The van der Waals surface area contributed by atoms with Gasteiger partial charge in [0.05, 0.1) is 24.2 Å². The summed E-state index contributed by atoms with van der Waals surface area (Å²) in [5.74, 6) is -5.68. The van der Waals surface area contributed by atoms with Crippen molar-refractivity contribution in [2.75, 3.05) is 6.61 Å². The number of carbonyl (C=O) groups is 4. The first-order valence-electron chi connectivity index (χ1n) is 21.0. The van der Waals surface area contributed by atoms with Crippen LogP contribution in [0.2, 0.25) is 0 Å². The first-order chi connectivity index (χ1) is 27.8. The van der Waals surface area contributed by atoms with Crippen LogP contribution < -0.4 is 0 Å². The zero-order valence-corrected chi connectivity index (χ0v) is 34.8. The fraction of sp³-hybridized carbons (Fsp3) is 0.857. The van der Waals surface area contributed by atoms with Crippen LogP contribution in [0.15, 0.2) is 11.6 Å². The molecule has 0 bridgehead atoms. The monoisotopic (exact) mass is 854 g/mol. The average Bonchev–Trinajstić information content (AvgIpc) is 3.16. The van der Waals surface area contributed by atoms with Crippen molar-refractivity contribution in [3.05, 3.63) is 11.6 Å². The van der Waals surface area contributed by atoms with Crippen LogP contribution in [0, 0.1) is 50.2 Å². The van der Waals surface area contributed by atoms with Crippen LogP contribution in [0.5, 0.6) is 0 Å². The Bertz CT molecular complexity index is 1790. The van der Waals surface area contributed by atoms with E-state index in [-0.39, 0.29) is 30.5 Å². The van der Waals surface area contributed by atoms with E-state index in [4.69, 9.17) is 18.9 Å². The summed E-state index contributed by atoms with van der Waals surface area (Å²) in [6.45, 7) is 11.4. The van der Waals surface area contributed by atoms with Crippen molar-refractivity contribution < 1.29 is 89.2 Å². The van der Waals surface area contributed by atoms with Gasteiger partial charge in [0, 0.05) is 16.7 Å². The van der Waals surface area contributed by atoms with E-state index in [1.54, 1.807) is 19.9 Å². The van der Waals surface area contributed by atoms with E-state index in [9.17, 15) is 70.2 Å². The van der Waals surface area contributed by atoms with Crippen molar-refractivity contribution in [3.63, 3.8) is 0 Å². The molecule has 0 aromatic carbocycles. The van der Waals surface area contributed by atoms with E-state index in [2.05, 4.69) is 13.8 Å². The predicted molar refractivity (Wildman–Crippen MR) is 202 cm³/mol. The van der Waals surface area contributed by atoms with Gasteiger partial charge in [-0.2, -0.15) is 0 Å². The second kappa shape index (κ2) is 15.0. The summed E-state index contributed by atoms with van der Waals surface area (Å²) in [4.78, 5) is 51.4. The largest absolute Gasteiger partial charge is 0.481 e. The number of fused-ring (bicyclic) bond motifs is 7. The average molecular weight is 855 g/mol. The van der Waals surface area contributed by atoms with Crippen LogP contribution in [0.1, 0.15) is 92.9 Å². The molecule has 0 aromatic heterocycles. The normalized spacial score (nSPS) is 54.0. The summed E-state index contributed by atoms with van der Waals surface area (Å²) in [5, 5.41) is 106. The van der Waals surface area contributed by atoms with Crippen LogP contribution in [0.25, 0.3) is 0 Å². The lowest BCUT2D eigenvalue weighted by atomic mass is 9.33. The van der Waals surface area contributed by atoms with Gasteiger partial charge in [-0.1, -0.05) is 40.2 Å². The molecular weight excluding hydrogens is 792 g/mol. The second-order valence-corrected chi connectivity index (χ2v) is 20.5.